The number of ether oxygens (including phenoxy) is 1. The summed E-state index contributed by atoms with van der Waals surface area (Å²) in [6.45, 7) is 1.78. The first-order chi connectivity index (χ1) is 10.2. The summed E-state index contributed by atoms with van der Waals surface area (Å²) in [6, 6.07) is 10.6. The van der Waals surface area contributed by atoms with Crippen molar-refractivity contribution in [1.29, 1.82) is 0 Å². The molecule has 1 N–H and O–H groups in total. The predicted molar refractivity (Wildman–Crippen MR) is 81.3 cm³/mol. The Kier molecular flexibility index (Phi) is 4.93. The molecule has 0 saturated heterocycles. The molecule has 1 aromatic heterocycles. The van der Waals surface area contributed by atoms with E-state index < -0.39 is 0 Å². The van der Waals surface area contributed by atoms with Gasteiger partial charge in [0.1, 0.15) is 11.5 Å². The molecule has 0 radical (unpaired) electrons. The van der Waals surface area contributed by atoms with E-state index in [1.807, 2.05) is 6.07 Å². The maximum Gasteiger partial charge on any atom is 0.275 e. The van der Waals surface area contributed by atoms with E-state index in [4.69, 9.17) is 9.15 Å². The molecule has 0 saturated carbocycles. The molecule has 0 bridgehead atoms. The third kappa shape index (κ3) is 4.07. The van der Waals surface area contributed by atoms with Crippen molar-refractivity contribution in [2.45, 2.75) is 6.92 Å². The normalized spacial score (nSPS) is 11.6. The summed E-state index contributed by atoms with van der Waals surface area (Å²) < 4.78 is 10.3. The van der Waals surface area contributed by atoms with Gasteiger partial charge in [0.15, 0.2) is 0 Å². The summed E-state index contributed by atoms with van der Waals surface area (Å²) in [5.41, 5.74) is 3.58. The van der Waals surface area contributed by atoms with Crippen molar-refractivity contribution in [2.75, 3.05) is 7.11 Å². The van der Waals surface area contributed by atoms with Crippen LogP contribution in [0.15, 0.2) is 58.3 Å². The fourth-order valence-corrected chi connectivity index (χ4v) is 1.66. The Morgan fingerprint density at radius 3 is 2.81 bits per heavy atom. The van der Waals surface area contributed by atoms with Crippen LogP contribution in [0.2, 0.25) is 0 Å². The number of amides is 1. The number of furan rings is 1. The van der Waals surface area contributed by atoms with Crippen LogP contribution in [0.5, 0.6) is 5.75 Å². The standard InChI is InChI=1S/C16H16N2O3/c1-12(9-10-13-6-5-11-21-13)17-18-16(19)14-7-3-4-8-15(14)20-2/h3-11H,1-2H3,(H,18,19)/b10-9-,17-12?. The van der Waals surface area contributed by atoms with E-state index in [2.05, 4.69) is 10.5 Å². The monoisotopic (exact) mass is 284 g/mol. The molecular weight excluding hydrogens is 268 g/mol. The molecule has 0 aliphatic rings. The smallest absolute Gasteiger partial charge is 0.275 e. The maximum absolute atomic E-state index is 12.0. The highest BCUT2D eigenvalue weighted by atomic mass is 16.5. The van der Waals surface area contributed by atoms with Crippen LogP contribution < -0.4 is 10.2 Å². The van der Waals surface area contributed by atoms with Crippen molar-refractivity contribution < 1.29 is 13.9 Å². The Bertz CT molecular complexity index is 658. The van der Waals surface area contributed by atoms with Crippen molar-refractivity contribution in [3.8, 4) is 5.75 Å². The molecule has 1 amide bonds. The summed E-state index contributed by atoms with van der Waals surface area (Å²) in [5, 5.41) is 4.01. The molecule has 2 rings (SSSR count). The number of nitrogens with zero attached hydrogens (tertiary/aromatic N) is 1. The van der Waals surface area contributed by atoms with Crippen LogP contribution >= 0.6 is 0 Å². The second-order valence-electron chi connectivity index (χ2n) is 4.24. The lowest BCUT2D eigenvalue weighted by molar-refractivity contribution is 0.0952. The Hall–Kier alpha value is -2.82. The van der Waals surface area contributed by atoms with Crippen molar-refractivity contribution in [1.82, 2.24) is 5.43 Å². The number of benzene rings is 1. The maximum atomic E-state index is 12.0. The van der Waals surface area contributed by atoms with Crippen molar-refractivity contribution >= 4 is 17.7 Å². The van der Waals surface area contributed by atoms with Crippen LogP contribution in [0.4, 0.5) is 0 Å². The van der Waals surface area contributed by atoms with E-state index in [0.29, 0.717) is 17.0 Å². The Labute approximate surface area is 122 Å². The summed E-state index contributed by atoms with van der Waals surface area (Å²) in [5.74, 6) is 0.910. The van der Waals surface area contributed by atoms with Crippen molar-refractivity contribution in [3.63, 3.8) is 0 Å². The van der Waals surface area contributed by atoms with Crippen molar-refractivity contribution in [3.05, 3.63) is 60.1 Å². The zero-order chi connectivity index (χ0) is 15.1. The number of hydrazone groups is 1. The second-order valence-corrected chi connectivity index (χ2v) is 4.24. The number of hydrogen-bond acceptors (Lipinski definition) is 4. The number of carbonyl (C=O) groups is 1. The molecule has 0 atom stereocenters. The minimum atomic E-state index is -0.321. The van der Waals surface area contributed by atoms with Crippen LogP contribution in [0.1, 0.15) is 23.0 Å². The van der Waals surface area contributed by atoms with E-state index in [0.717, 1.165) is 5.76 Å². The summed E-state index contributed by atoms with van der Waals surface area (Å²) >= 11 is 0. The molecule has 0 unspecified atom stereocenters. The SMILES string of the molecule is COc1ccccc1C(=O)NN=C(C)/C=C\c1ccco1. The predicted octanol–water partition coefficient (Wildman–Crippen LogP) is 3.11. The van der Waals surface area contributed by atoms with Gasteiger partial charge in [-0.3, -0.25) is 4.79 Å². The first-order valence-corrected chi connectivity index (χ1v) is 6.40. The first-order valence-electron chi connectivity index (χ1n) is 6.40. The van der Waals surface area contributed by atoms with Gasteiger partial charge in [0.2, 0.25) is 0 Å². The van der Waals surface area contributed by atoms with Gasteiger partial charge >= 0.3 is 0 Å². The molecule has 1 aromatic carbocycles. The van der Waals surface area contributed by atoms with E-state index in [9.17, 15) is 4.79 Å². The van der Waals surface area contributed by atoms with Crippen LogP contribution in [0, 0.1) is 0 Å². The fraction of sp³-hybridized carbons (Fsp3) is 0.125. The molecule has 0 aliphatic heterocycles. The minimum absolute atomic E-state index is 0.321. The van der Waals surface area contributed by atoms with Gasteiger partial charge in [-0.2, -0.15) is 5.10 Å². The highest BCUT2D eigenvalue weighted by molar-refractivity contribution is 6.00. The quantitative estimate of drug-likeness (QED) is 0.677. The van der Waals surface area contributed by atoms with E-state index in [1.165, 1.54) is 7.11 Å². The van der Waals surface area contributed by atoms with Gasteiger partial charge in [0.25, 0.3) is 5.91 Å². The van der Waals surface area contributed by atoms with Gasteiger partial charge in [-0.25, -0.2) is 5.43 Å². The Balaban J connectivity index is 2.01. The van der Waals surface area contributed by atoms with Gasteiger partial charge in [-0.1, -0.05) is 12.1 Å². The molecule has 0 fully saturated rings. The van der Waals surface area contributed by atoms with Gasteiger partial charge < -0.3 is 9.15 Å². The third-order valence-corrected chi connectivity index (χ3v) is 2.72. The molecular formula is C16H16N2O3. The third-order valence-electron chi connectivity index (χ3n) is 2.72. The second kappa shape index (κ2) is 7.09. The molecule has 108 valence electrons. The number of carbonyl (C=O) groups excluding carboxylic acids is 1. The lowest BCUT2D eigenvalue weighted by atomic mass is 10.2. The zero-order valence-electron chi connectivity index (χ0n) is 11.9. The van der Waals surface area contributed by atoms with Crippen LogP contribution in [0.3, 0.4) is 0 Å². The van der Waals surface area contributed by atoms with E-state index in [1.54, 1.807) is 55.7 Å². The lowest BCUT2D eigenvalue weighted by Crippen LogP contribution is -2.19. The van der Waals surface area contributed by atoms with Gasteiger partial charge in [-0.05, 0) is 43.3 Å². The van der Waals surface area contributed by atoms with Gasteiger partial charge in [-0.15, -0.1) is 0 Å². The Morgan fingerprint density at radius 1 is 1.29 bits per heavy atom. The number of hydrogen-bond donors (Lipinski definition) is 1. The first kappa shape index (κ1) is 14.6. The molecule has 5 nitrogen and oxygen atoms in total. The number of nitrogens with one attached hydrogen (secondary N) is 1. The number of para-hydroxylation sites is 1. The topological polar surface area (TPSA) is 63.8 Å². The van der Waals surface area contributed by atoms with E-state index >= 15 is 0 Å². The molecule has 2 aromatic rings. The fourth-order valence-electron chi connectivity index (χ4n) is 1.66. The largest absolute Gasteiger partial charge is 0.496 e. The van der Waals surface area contributed by atoms with Crippen LogP contribution in [0.25, 0.3) is 6.08 Å². The zero-order valence-corrected chi connectivity index (χ0v) is 11.9. The molecule has 0 aliphatic carbocycles. The summed E-state index contributed by atoms with van der Waals surface area (Å²) in [7, 11) is 1.52. The lowest BCUT2D eigenvalue weighted by Gasteiger charge is -2.06. The van der Waals surface area contributed by atoms with Gasteiger partial charge in [0.05, 0.1) is 24.6 Å². The number of rotatable bonds is 5. The van der Waals surface area contributed by atoms with Crippen LogP contribution in [-0.2, 0) is 0 Å². The molecule has 5 heteroatoms. The van der Waals surface area contributed by atoms with Crippen molar-refractivity contribution in [2.24, 2.45) is 5.10 Å². The van der Waals surface area contributed by atoms with Crippen LogP contribution in [-0.4, -0.2) is 18.7 Å². The number of methoxy groups -OCH3 is 1. The minimum Gasteiger partial charge on any atom is -0.496 e. The highest BCUT2D eigenvalue weighted by Gasteiger charge is 2.10. The average Bonchev–Trinajstić information content (AvgIpc) is 3.04. The summed E-state index contributed by atoms with van der Waals surface area (Å²) in [6.07, 6.45) is 5.12. The molecule has 21 heavy (non-hydrogen) atoms. The number of allylic oxidation sites excluding steroid dienone is 1. The van der Waals surface area contributed by atoms with Gasteiger partial charge in [0, 0.05) is 0 Å². The molecule has 0 spiro atoms. The van der Waals surface area contributed by atoms with E-state index in [-0.39, 0.29) is 5.91 Å². The highest BCUT2D eigenvalue weighted by Crippen LogP contribution is 2.16. The average molecular weight is 284 g/mol. The Morgan fingerprint density at radius 2 is 2.10 bits per heavy atom. The summed E-state index contributed by atoms with van der Waals surface area (Å²) in [4.78, 5) is 12.0. The molecule has 1 heterocycles.